The van der Waals surface area contributed by atoms with Crippen LogP contribution >= 0.6 is 23.1 Å². The molecule has 0 amide bonds. The number of aromatic nitrogens is 1. The molecule has 0 aliphatic heterocycles. The van der Waals surface area contributed by atoms with E-state index in [-0.39, 0.29) is 6.04 Å². The number of hydrogen-bond acceptors (Lipinski definition) is 4. The van der Waals surface area contributed by atoms with Gasteiger partial charge in [-0.05, 0) is 31.0 Å². The predicted octanol–water partition coefficient (Wildman–Crippen LogP) is 3.18. The first-order chi connectivity index (χ1) is 7.74. The Bertz CT molecular complexity index is 421. The van der Waals surface area contributed by atoms with Gasteiger partial charge in [-0.1, -0.05) is 23.9 Å². The van der Waals surface area contributed by atoms with Crippen LogP contribution in [0.1, 0.15) is 12.5 Å². The molecule has 84 valence electrons. The van der Waals surface area contributed by atoms with Crippen molar-refractivity contribution in [2.24, 2.45) is 5.73 Å². The highest BCUT2D eigenvalue weighted by atomic mass is 32.2. The molecule has 0 spiro atoms. The second-order valence-electron chi connectivity index (χ2n) is 3.73. The molecule has 1 unspecified atom stereocenters. The molecule has 16 heavy (non-hydrogen) atoms. The second-order valence-corrected chi connectivity index (χ2v) is 5.94. The molecule has 0 fully saturated rings. The number of rotatable bonds is 4. The minimum atomic E-state index is 0.220. The molecule has 2 N–H and O–H groups in total. The number of nitrogens with zero attached hydrogens (tertiary/aromatic N) is 1. The summed E-state index contributed by atoms with van der Waals surface area (Å²) in [7, 11) is 0. The minimum Gasteiger partial charge on any atom is -0.328 e. The molecule has 4 heteroatoms. The van der Waals surface area contributed by atoms with Crippen LogP contribution in [0.15, 0.2) is 45.1 Å². The molecule has 0 saturated carbocycles. The lowest BCUT2D eigenvalue weighted by Crippen LogP contribution is -2.17. The van der Waals surface area contributed by atoms with Crippen LogP contribution < -0.4 is 5.73 Å². The summed E-state index contributed by atoms with van der Waals surface area (Å²) in [6.07, 6.45) is 2.76. The lowest BCUT2D eigenvalue weighted by Gasteiger charge is -2.05. The molecule has 1 aromatic heterocycles. The summed E-state index contributed by atoms with van der Waals surface area (Å²) in [6, 6.07) is 8.75. The van der Waals surface area contributed by atoms with Gasteiger partial charge in [-0.2, -0.15) is 0 Å². The van der Waals surface area contributed by atoms with Crippen LogP contribution in [0.2, 0.25) is 0 Å². The molecular weight excluding hydrogens is 236 g/mol. The zero-order valence-electron chi connectivity index (χ0n) is 9.09. The Morgan fingerprint density at radius 2 is 2.12 bits per heavy atom. The third kappa shape index (κ3) is 3.33. The van der Waals surface area contributed by atoms with E-state index in [1.165, 1.54) is 10.5 Å². The fourth-order valence-electron chi connectivity index (χ4n) is 1.43. The quantitative estimate of drug-likeness (QED) is 0.905. The van der Waals surface area contributed by atoms with Crippen LogP contribution in [0, 0.1) is 0 Å². The molecule has 0 aliphatic carbocycles. The van der Waals surface area contributed by atoms with Gasteiger partial charge in [0.1, 0.15) is 0 Å². The van der Waals surface area contributed by atoms with Crippen LogP contribution in [-0.2, 0) is 6.42 Å². The van der Waals surface area contributed by atoms with Crippen molar-refractivity contribution in [1.82, 2.24) is 4.98 Å². The van der Waals surface area contributed by atoms with Crippen molar-refractivity contribution >= 4 is 23.1 Å². The van der Waals surface area contributed by atoms with Gasteiger partial charge in [0, 0.05) is 22.5 Å². The number of nitrogens with two attached hydrogens (primary N) is 1. The van der Waals surface area contributed by atoms with Gasteiger partial charge >= 0.3 is 0 Å². The first-order valence-electron chi connectivity index (χ1n) is 5.16. The molecule has 2 aromatic rings. The minimum absolute atomic E-state index is 0.220. The molecule has 0 radical (unpaired) electrons. The first-order valence-corrected chi connectivity index (χ1v) is 6.85. The van der Waals surface area contributed by atoms with Crippen molar-refractivity contribution < 1.29 is 0 Å². The molecule has 1 aromatic carbocycles. The van der Waals surface area contributed by atoms with E-state index in [1.807, 2.05) is 18.5 Å². The molecule has 0 saturated heterocycles. The van der Waals surface area contributed by atoms with Crippen molar-refractivity contribution in [1.29, 1.82) is 0 Å². The van der Waals surface area contributed by atoms with Gasteiger partial charge in [-0.25, -0.2) is 4.98 Å². The Kier molecular flexibility index (Phi) is 3.98. The van der Waals surface area contributed by atoms with Crippen molar-refractivity contribution in [2.45, 2.75) is 28.6 Å². The Morgan fingerprint density at radius 3 is 2.69 bits per heavy atom. The van der Waals surface area contributed by atoms with E-state index in [9.17, 15) is 0 Å². The summed E-state index contributed by atoms with van der Waals surface area (Å²) in [4.78, 5) is 5.47. The Hall–Kier alpha value is -0.840. The summed E-state index contributed by atoms with van der Waals surface area (Å²) in [6.45, 7) is 2.03. The number of hydrogen-bond donors (Lipinski definition) is 1. The average Bonchev–Trinajstić information content (AvgIpc) is 2.73. The molecule has 2 nitrogen and oxygen atoms in total. The van der Waals surface area contributed by atoms with Crippen LogP contribution in [0.4, 0.5) is 0 Å². The van der Waals surface area contributed by atoms with Gasteiger partial charge in [0.2, 0.25) is 0 Å². The maximum Gasteiger partial charge on any atom is 0.154 e. The summed E-state index contributed by atoms with van der Waals surface area (Å²) in [5.74, 6) is 0. The third-order valence-corrected chi connectivity index (χ3v) is 3.99. The number of thiazole rings is 1. The fourth-order valence-corrected chi connectivity index (χ4v) is 3.02. The lowest BCUT2D eigenvalue weighted by atomic mass is 10.1. The van der Waals surface area contributed by atoms with Crippen molar-refractivity contribution in [3.63, 3.8) is 0 Å². The summed E-state index contributed by atoms with van der Waals surface area (Å²) < 4.78 is 1.08. The lowest BCUT2D eigenvalue weighted by molar-refractivity contribution is 0.737. The van der Waals surface area contributed by atoms with E-state index in [4.69, 9.17) is 5.73 Å². The second kappa shape index (κ2) is 5.48. The number of benzene rings is 1. The van der Waals surface area contributed by atoms with E-state index in [1.54, 1.807) is 23.1 Å². The fraction of sp³-hybridized carbons (Fsp3) is 0.250. The van der Waals surface area contributed by atoms with E-state index < -0.39 is 0 Å². The van der Waals surface area contributed by atoms with Crippen molar-refractivity contribution in [3.05, 3.63) is 41.4 Å². The molecule has 0 aliphatic rings. The third-order valence-electron chi connectivity index (χ3n) is 2.10. The average molecular weight is 250 g/mol. The molecule has 0 bridgehead atoms. The Balaban J connectivity index is 2.02. The zero-order chi connectivity index (χ0) is 11.4. The summed E-state index contributed by atoms with van der Waals surface area (Å²) in [5.41, 5.74) is 7.05. The maximum absolute atomic E-state index is 5.76. The van der Waals surface area contributed by atoms with Gasteiger partial charge in [-0.15, -0.1) is 11.3 Å². The van der Waals surface area contributed by atoms with Gasteiger partial charge in [-0.3, -0.25) is 0 Å². The van der Waals surface area contributed by atoms with Gasteiger partial charge in [0.25, 0.3) is 0 Å². The zero-order valence-corrected chi connectivity index (χ0v) is 10.7. The highest BCUT2D eigenvalue weighted by Crippen LogP contribution is 2.29. The van der Waals surface area contributed by atoms with Gasteiger partial charge < -0.3 is 5.73 Å². The van der Waals surface area contributed by atoms with Crippen LogP contribution in [-0.4, -0.2) is 11.0 Å². The summed E-state index contributed by atoms with van der Waals surface area (Å²) in [5, 5.41) is 1.99. The smallest absolute Gasteiger partial charge is 0.154 e. The van der Waals surface area contributed by atoms with Crippen LogP contribution in [0.5, 0.6) is 0 Å². The van der Waals surface area contributed by atoms with E-state index in [0.29, 0.717) is 0 Å². The van der Waals surface area contributed by atoms with Gasteiger partial charge in [0.15, 0.2) is 4.34 Å². The van der Waals surface area contributed by atoms with Crippen molar-refractivity contribution in [3.8, 4) is 0 Å². The SMILES string of the molecule is CC(N)Cc1ccc(Sc2nccs2)cc1. The van der Waals surface area contributed by atoms with Crippen LogP contribution in [0.25, 0.3) is 0 Å². The first kappa shape index (κ1) is 11.6. The molecular formula is C12H14N2S2. The summed E-state index contributed by atoms with van der Waals surface area (Å²) >= 11 is 3.36. The van der Waals surface area contributed by atoms with Crippen LogP contribution in [0.3, 0.4) is 0 Å². The van der Waals surface area contributed by atoms with E-state index in [2.05, 4.69) is 29.2 Å². The standard InChI is InChI=1S/C12H14N2S2/c1-9(13)8-10-2-4-11(5-3-10)16-12-14-6-7-15-12/h2-7,9H,8,13H2,1H3. The maximum atomic E-state index is 5.76. The largest absolute Gasteiger partial charge is 0.328 e. The normalized spacial score (nSPS) is 12.6. The van der Waals surface area contributed by atoms with E-state index >= 15 is 0 Å². The predicted molar refractivity (Wildman–Crippen MR) is 70.0 cm³/mol. The Labute approximate surface area is 104 Å². The van der Waals surface area contributed by atoms with Crippen molar-refractivity contribution in [2.75, 3.05) is 0 Å². The highest BCUT2D eigenvalue weighted by molar-refractivity contribution is 8.01. The van der Waals surface area contributed by atoms with E-state index in [0.717, 1.165) is 10.8 Å². The Morgan fingerprint density at radius 1 is 1.38 bits per heavy atom. The molecule has 2 rings (SSSR count). The van der Waals surface area contributed by atoms with Gasteiger partial charge in [0.05, 0.1) is 0 Å². The topological polar surface area (TPSA) is 38.9 Å². The molecule has 1 atom stereocenters. The monoisotopic (exact) mass is 250 g/mol. The molecule has 1 heterocycles. The highest BCUT2D eigenvalue weighted by Gasteiger charge is 2.01.